The molecule has 4 N–H and O–H groups in total. The van der Waals surface area contributed by atoms with Crippen LogP contribution in [0.4, 0.5) is 21.5 Å². The largest absolute Gasteiger partial charge is 0.397 e. The first kappa shape index (κ1) is 25.0. The molecule has 1 aliphatic heterocycles. The van der Waals surface area contributed by atoms with E-state index in [0.29, 0.717) is 45.8 Å². The fourth-order valence-corrected chi connectivity index (χ4v) is 6.12. The zero-order valence-electron chi connectivity index (χ0n) is 21.1. The smallest absolute Gasteiger partial charge is 0.270 e. The van der Waals surface area contributed by atoms with Gasteiger partial charge < -0.3 is 26.2 Å². The van der Waals surface area contributed by atoms with E-state index >= 15 is 0 Å². The van der Waals surface area contributed by atoms with Gasteiger partial charge in [0.15, 0.2) is 5.13 Å². The Hall–Kier alpha value is -4.26. The van der Waals surface area contributed by atoms with Crippen molar-refractivity contribution >= 4 is 61.6 Å². The van der Waals surface area contributed by atoms with Gasteiger partial charge in [0.05, 0.1) is 38.0 Å². The fraction of sp³-hybridized carbons (Fsp3) is 0.185. The minimum Gasteiger partial charge on any atom is -0.397 e. The summed E-state index contributed by atoms with van der Waals surface area (Å²) in [6.45, 7) is 3.11. The van der Waals surface area contributed by atoms with Crippen molar-refractivity contribution in [2.24, 2.45) is 0 Å². The molecular weight excluding hydrogens is 532 g/mol. The van der Waals surface area contributed by atoms with E-state index in [0.717, 1.165) is 28.7 Å². The Balaban J connectivity index is 1.20. The average molecular weight is 559 g/mol. The third kappa shape index (κ3) is 5.09. The number of hydrogen-bond donors (Lipinski definition) is 3. The number of rotatable bonds is 6. The number of carbonyl (C=O) groups excluding carboxylic acids is 2. The van der Waals surface area contributed by atoms with E-state index in [1.807, 2.05) is 45.7 Å². The number of amides is 2. The molecule has 1 saturated heterocycles. The van der Waals surface area contributed by atoms with Crippen LogP contribution in [-0.2, 0) is 0 Å². The van der Waals surface area contributed by atoms with Crippen molar-refractivity contribution in [3.05, 3.63) is 77.6 Å². The standard InChI is InChI=1S/C27H26N8O2S2/c1-33-11-13-34(14-12-33)26(37)19-7-4-8-23-29-15-20(35(19)23)22-16-30-27(39-22)32-24-10-9-21(38-24)25(36)31-18-6-3-2-5-17(18)28/h2-10,15-16H,11-14,28H2,1H3,(H,30,32)(H,31,36). The van der Waals surface area contributed by atoms with Crippen molar-refractivity contribution in [2.45, 2.75) is 0 Å². The van der Waals surface area contributed by atoms with Crippen LogP contribution in [0.25, 0.3) is 16.2 Å². The number of nitrogens with zero attached hydrogens (tertiary/aromatic N) is 5. The summed E-state index contributed by atoms with van der Waals surface area (Å²) >= 11 is 2.78. The van der Waals surface area contributed by atoms with Gasteiger partial charge in [0.1, 0.15) is 11.3 Å². The maximum Gasteiger partial charge on any atom is 0.270 e. The van der Waals surface area contributed by atoms with Crippen LogP contribution >= 0.6 is 22.7 Å². The number of nitrogens with two attached hydrogens (primary N) is 1. The predicted molar refractivity (Wildman–Crippen MR) is 156 cm³/mol. The van der Waals surface area contributed by atoms with Gasteiger partial charge in [0.2, 0.25) is 0 Å². The molecule has 5 heterocycles. The normalized spacial score (nSPS) is 14.0. The Morgan fingerprint density at radius 3 is 2.56 bits per heavy atom. The highest BCUT2D eigenvalue weighted by molar-refractivity contribution is 7.20. The second kappa shape index (κ2) is 10.5. The highest BCUT2D eigenvalue weighted by Crippen LogP contribution is 2.34. The fourth-order valence-electron chi connectivity index (χ4n) is 4.43. The van der Waals surface area contributed by atoms with E-state index in [1.54, 1.807) is 30.6 Å². The van der Waals surface area contributed by atoms with Crippen LogP contribution in [-0.4, -0.2) is 69.2 Å². The number of thiophene rings is 1. The van der Waals surface area contributed by atoms with E-state index in [2.05, 4.69) is 32.5 Å². The Bertz CT molecular complexity index is 1670. The number of anilines is 4. The summed E-state index contributed by atoms with van der Waals surface area (Å²) in [6.07, 6.45) is 3.54. The van der Waals surface area contributed by atoms with E-state index in [4.69, 9.17) is 5.73 Å². The van der Waals surface area contributed by atoms with Gasteiger partial charge in [-0.15, -0.1) is 11.3 Å². The quantitative estimate of drug-likeness (QED) is 0.263. The number of nitrogens with one attached hydrogen (secondary N) is 2. The number of carbonyl (C=O) groups is 2. The number of benzene rings is 1. The number of thiazole rings is 1. The average Bonchev–Trinajstić information content (AvgIpc) is 3.70. The first-order valence-electron chi connectivity index (χ1n) is 12.4. The summed E-state index contributed by atoms with van der Waals surface area (Å²) in [6, 6.07) is 16.4. The van der Waals surface area contributed by atoms with Crippen LogP contribution in [0.5, 0.6) is 0 Å². The van der Waals surface area contributed by atoms with Crippen LogP contribution in [0, 0.1) is 0 Å². The molecule has 0 atom stereocenters. The molecule has 1 aliphatic rings. The summed E-state index contributed by atoms with van der Waals surface area (Å²) in [5, 5.41) is 7.59. The Morgan fingerprint density at radius 2 is 1.74 bits per heavy atom. The van der Waals surface area contributed by atoms with Gasteiger partial charge in [-0.25, -0.2) is 9.97 Å². The Labute approximate surface area is 232 Å². The highest BCUT2D eigenvalue weighted by atomic mass is 32.1. The molecule has 39 heavy (non-hydrogen) atoms. The molecule has 1 aromatic carbocycles. The van der Waals surface area contributed by atoms with Crippen LogP contribution in [0.2, 0.25) is 0 Å². The topological polar surface area (TPSA) is 121 Å². The molecular formula is C27H26N8O2S2. The molecule has 6 rings (SSSR count). The summed E-state index contributed by atoms with van der Waals surface area (Å²) in [5.41, 5.74) is 9.13. The van der Waals surface area contributed by atoms with E-state index in [-0.39, 0.29) is 11.8 Å². The van der Waals surface area contributed by atoms with Crippen molar-refractivity contribution in [2.75, 3.05) is 49.6 Å². The number of likely N-dealkylation sites (N-methyl/N-ethyl adjacent to an activating group) is 1. The van der Waals surface area contributed by atoms with Crippen LogP contribution in [0.1, 0.15) is 20.2 Å². The number of aromatic nitrogens is 3. The van der Waals surface area contributed by atoms with E-state index in [9.17, 15) is 9.59 Å². The number of pyridine rings is 1. The Morgan fingerprint density at radius 1 is 0.923 bits per heavy atom. The van der Waals surface area contributed by atoms with Crippen molar-refractivity contribution in [1.29, 1.82) is 0 Å². The maximum absolute atomic E-state index is 13.4. The van der Waals surface area contributed by atoms with Crippen molar-refractivity contribution in [1.82, 2.24) is 24.2 Å². The Kier molecular flexibility index (Phi) is 6.73. The van der Waals surface area contributed by atoms with Gasteiger partial charge in [0, 0.05) is 32.4 Å². The highest BCUT2D eigenvalue weighted by Gasteiger charge is 2.24. The van der Waals surface area contributed by atoms with Gasteiger partial charge >= 0.3 is 0 Å². The van der Waals surface area contributed by atoms with Crippen molar-refractivity contribution < 1.29 is 9.59 Å². The molecule has 5 aromatic rings. The molecule has 10 nitrogen and oxygen atoms in total. The molecule has 0 unspecified atom stereocenters. The lowest BCUT2D eigenvalue weighted by Gasteiger charge is -2.32. The van der Waals surface area contributed by atoms with Crippen LogP contribution in [0.3, 0.4) is 0 Å². The number of nitrogen functional groups attached to an aromatic ring is 1. The first-order chi connectivity index (χ1) is 19.0. The van der Waals surface area contributed by atoms with Crippen molar-refractivity contribution in [3.8, 4) is 10.6 Å². The molecule has 1 fully saturated rings. The van der Waals surface area contributed by atoms with Crippen molar-refractivity contribution in [3.63, 3.8) is 0 Å². The van der Waals surface area contributed by atoms with Gasteiger partial charge in [0.25, 0.3) is 11.8 Å². The molecule has 0 saturated carbocycles. The summed E-state index contributed by atoms with van der Waals surface area (Å²) in [4.78, 5) is 40.7. The van der Waals surface area contributed by atoms with E-state index < -0.39 is 0 Å². The number of fused-ring (bicyclic) bond motifs is 1. The van der Waals surface area contributed by atoms with Gasteiger partial charge in [-0.3, -0.25) is 14.0 Å². The number of hydrogen-bond acceptors (Lipinski definition) is 9. The third-order valence-electron chi connectivity index (χ3n) is 6.57. The molecule has 12 heteroatoms. The zero-order chi connectivity index (χ0) is 26.9. The van der Waals surface area contributed by atoms with Gasteiger partial charge in [-0.2, -0.15) is 0 Å². The third-order valence-corrected chi connectivity index (χ3v) is 8.50. The van der Waals surface area contributed by atoms with Crippen LogP contribution < -0.4 is 16.4 Å². The second-order valence-corrected chi connectivity index (χ2v) is 11.3. The zero-order valence-corrected chi connectivity index (χ0v) is 22.8. The minimum atomic E-state index is -0.228. The summed E-state index contributed by atoms with van der Waals surface area (Å²) < 4.78 is 1.90. The summed E-state index contributed by atoms with van der Waals surface area (Å²) in [7, 11) is 2.07. The van der Waals surface area contributed by atoms with E-state index in [1.165, 1.54) is 22.7 Å². The molecule has 0 spiro atoms. The molecule has 2 amide bonds. The molecule has 0 radical (unpaired) electrons. The number of imidazole rings is 1. The summed E-state index contributed by atoms with van der Waals surface area (Å²) in [5.74, 6) is -0.230. The van der Waals surface area contributed by atoms with Crippen LogP contribution in [0.15, 0.2) is 67.0 Å². The molecule has 198 valence electrons. The second-order valence-electron chi connectivity index (χ2n) is 9.20. The SMILES string of the molecule is CN1CCN(C(=O)c2cccc3ncc(-c4cnc(Nc5ccc(C(=O)Nc6ccccc6N)s5)s4)n23)CC1. The number of para-hydroxylation sites is 2. The first-order valence-corrected chi connectivity index (χ1v) is 14.0. The maximum atomic E-state index is 13.4. The number of piperazine rings is 1. The van der Waals surface area contributed by atoms with Gasteiger partial charge in [-0.1, -0.05) is 29.5 Å². The lowest BCUT2D eigenvalue weighted by Crippen LogP contribution is -2.47. The predicted octanol–water partition coefficient (Wildman–Crippen LogP) is 4.49. The molecule has 4 aromatic heterocycles. The molecule has 0 bridgehead atoms. The minimum absolute atomic E-state index is 0.00235. The lowest BCUT2D eigenvalue weighted by atomic mass is 10.2. The lowest BCUT2D eigenvalue weighted by molar-refractivity contribution is 0.0656. The monoisotopic (exact) mass is 558 g/mol. The van der Waals surface area contributed by atoms with Gasteiger partial charge in [-0.05, 0) is 43.4 Å². The molecule has 0 aliphatic carbocycles.